The lowest BCUT2D eigenvalue weighted by molar-refractivity contribution is 0.0218. The summed E-state index contributed by atoms with van der Waals surface area (Å²) in [5.74, 6) is 2.76. The first kappa shape index (κ1) is 28.3. The number of likely N-dealkylation sites (tertiary alicyclic amines) is 2. The summed E-state index contributed by atoms with van der Waals surface area (Å²) in [6, 6.07) is 15.0. The Labute approximate surface area is 249 Å². The highest BCUT2D eigenvalue weighted by atomic mass is 16.6. The average Bonchev–Trinajstić information content (AvgIpc) is 3.78. The standard InChI is InChI=1S/C32H36N6O5/c1-32(2,3)43-31(41)38-16-6-10-27(38)29-34-19-25(36-29)21-7-4-8-23(17-21)42-22-13-11-20(12-14-22)24-18-33-28(35-24)26-9-5-15-37(26)30(39)40/h4,7-8,11-14,17-19,26-27H,5-6,9-10,15-16H2,1-3H3,(H,33,35)(H,34,36)(H,39,40). The van der Waals surface area contributed by atoms with Crippen molar-refractivity contribution in [1.29, 1.82) is 0 Å². The van der Waals surface area contributed by atoms with Gasteiger partial charge in [0.05, 0.1) is 35.9 Å². The van der Waals surface area contributed by atoms with Crippen molar-refractivity contribution in [3.63, 3.8) is 0 Å². The van der Waals surface area contributed by atoms with Gasteiger partial charge < -0.3 is 24.5 Å². The molecule has 2 saturated heterocycles. The quantitative estimate of drug-likeness (QED) is 0.219. The highest BCUT2D eigenvalue weighted by molar-refractivity contribution is 5.69. The molecule has 2 unspecified atom stereocenters. The van der Waals surface area contributed by atoms with Gasteiger partial charge in [-0.05, 0) is 88.4 Å². The monoisotopic (exact) mass is 584 g/mol. The molecule has 2 aromatic carbocycles. The van der Waals surface area contributed by atoms with E-state index in [0.29, 0.717) is 30.4 Å². The minimum atomic E-state index is -0.919. The van der Waals surface area contributed by atoms with Gasteiger partial charge in [0.2, 0.25) is 0 Å². The van der Waals surface area contributed by atoms with E-state index in [1.165, 1.54) is 4.90 Å². The molecule has 43 heavy (non-hydrogen) atoms. The van der Waals surface area contributed by atoms with Crippen LogP contribution in [0.3, 0.4) is 0 Å². The maximum absolute atomic E-state index is 12.8. The van der Waals surface area contributed by atoms with Crippen molar-refractivity contribution in [2.24, 2.45) is 0 Å². The van der Waals surface area contributed by atoms with Crippen molar-refractivity contribution in [1.82, 2.24) is 29.7 Å². The van der Waals surface area contributed by atoms with Crippen molar-refractivity contribution in [3.05, 3.63) is 72.6 Å². The number of ether oxygens (including phenoxy) is 2. The summed E-state index contributed by atoms with van der Waals surface area (Å²) in [4.78, 5) is 43.2. The molecule has 2 fully saturated rings. The summed E-state index contributed by atoms with van der Waals surface area (Å²) >= 11 is 0. The summed E-state index contributed by atoms with van der Waals surface area (Å²) in [5, 5.41) is 9.46. The minimum absolute atomic E-state index is 0.151. The second kappa shape index (κ2) is 11.5. The Hall–Kier alpha value is -4.80. The topological polar surface area (TPSA) is 137 Å². The molecule has 6 rings (SSSR count). The molecular formula is C32H36N6O5. The van der Waals surface area contributed by atoms with Crippen LogP contribution < -0.4 is 4.74 Å². The molecule has 0 bridgehead atoms. The smallest absolute Gasteiger partial charge is 0.410 e. The zero-order chi connectivity index (χ0) is 30.1. The van der Waals surface area contributed by atoms with E-state index in [1.807, 2.05) is 69.3 Å². The Morgan fingerprint density at radius 1 is 0.837 bits per heavy atom. The first-order valence-corrected chi connectivity index (χ1v) is 14.6. The molecule has 2 aromatic heterocycles. The highest BCUT2D eigenvalue weighted by Crippen LogP contribution is 2.35. The van der Waals surface area contributed by atoms with Crippen molar-refractivity contribution >= 4 is 12.2 Å². The number of hydrogen-bond donors (Lipinski definition) is 3. The number of nitrogens with one attached hydrogen (secondary N) is 2. The van der Waals surface area contributed by atoms with Gasteiger partial charge in [0.25, 0.3) is 0 Å². The van der Waals surface area contributed by atoms with Gasteiger partial charge in [-0.2, -0.15) is 0 Å². The van der Waals surface area contributed by atoms with Crippen molar-refractivity contribution in [2.45, 2.75) is 64.1 Å². The first-order valence-electron chi connectivity index (χ1n) is 14.6. The van der Waals surface area contributed by atoms with Crippen LogP contribution >= 0.6 is 0 Å². The number of hydrogen-bond acceptors (Lipinski definition) is 6. The molecule has 0 spiro atoms. The summed E-state index contributed by atoms with van der Waals surface area (Å²) in [6.07, 6.45) is 5.60. The van der Waals surface area contributed by atoms with Gasteiger partial charge in [-0.15, -0.1) is 0 Å². The number of imidazole rings is 2. The fourth-order valence-electron chi connectivity index (χ4n) is 5.74. The van der Waals surface area contributed by atoms with Crippen LogP contribution in [0.4, 0.5) is 9.59 Å². The molecule has 2 amide bonds. The summed E-state index contributed by atoms with van der Waals surface area (Å²) in [5.41, 5.74) is 2.95. The van der Waals surface area contributed by atoms with Crippen LogP contribution in [0.2, 0.25) is 0 Å². The third-order valence-electron chi connectivity index (χ3n) is 7.75. The zero-order valence-corrected chi connectivity index (χ0v) is 24.5. The number of carbonyl (C=O) groups excluding carboxylic acids is 1. The third-order valence-corrected chi connectivity index (χ3v) is 7.75. The molecule has 2 aliphatic rings. The van der Waals surface area contributed by atoms with Crippen molar-refractivity contribution in [3.8, 4) is 34.0 Å². The Bertz CT molecular complexity index is 1600. The molecule has 11 nitrogen and oxygen atoms in total. The summed E-state index contributed by atoms with van der Waals surface area (Å²) in [6.45, 7) is 6.77. The van der Waals surface area contributed by atoms with Crippen molar-refractivity contribution < 1.29 is 24.2 Å². The van der Waals surface area contributed by atoms with Gasteiger partial charge in [-0.3, -0.25) is 9.80 Å². The van der Waals surface area contributed by atoms with Crippen molar-refractivity contribution in [2.75, 3.05) is 13.1 Å². The van der Waals surface area contributed by atoms with E-state index >= 15 is 0 Å². The molecule has 11 heteroatoms. The fraction of sp³-hybridized carbons (Fsp3) is 0.375. The number of rotatable bonds is 6. The largest absolute Gasteiger partial charge is 0.465 e. The van der Waals surface area contributed by atoms with Gasteiger partial charge in [-0.25, -0.2) is 19.6 Å². The van der Waals surface area contributed by atoms with Crippen LogP contribution in [-0.2, 0) is 4.74 Å². The van der Waals surface area contributed by atoms with Crippen LogP contribution in [0.15, 0.2) is 60.9 Å². The van der Waals surface area contributed by atoms with E-state index in [-0.39, 0.29) is 18.2 Å². The highest BCUT2D eigenvalue weighted by Gasteiger charge is 2.35. The number of aromatic amines is 2. The number of carbonyl (C=O) groups is 2. The molecule has 0 aliphatic carbocycles. The number of amides is 2. The number of nitrogens with zero attached hydrogens (tertiary/aromatic N) is 4. The Morgan fingerprint density at radius 3 is 2.07 bits per heavy atom. The van der Waals surface area contributed by atoms with E-state index in [2.05, 4.69) is 19.9 Å². The summed E-state index contributed by atoms with van der Waals surface area (Å²) in [7, 11) is 0. The molecule has 4 aromatic rings. The number of carboxylic acid groups (broad SMARTS) is 1. The molecule has 0 radical (unpaired) electrons. The lowest BCUT2D eigenvalue weighted by atomic mass is 10.1. The van der Waals surface area contributed by atoms with E-state index < -0.39 is 11.7 Å². The van der Waals surface area contributed by atoms with Gasteiger partial charge in [0, 0.05) is 18.7 Å². The molecular weight excluding hydrogens is 548 g/mol. The fourth-order valence-corrected chi connectivity index (χ4v) is 5.74. The number of H-pyrrole nitrogens is 2. The lowest BCUT2D eigenvalue weighted by Gasteiger charge is -2.27. The van der Waals surface area contributed by atoms with Crippen LogP contribution in [0, 0.1) is 0 Å². The maximum Gasteiger partial charge on any atom is 0.410 e. The number of benzene rings is 2. The average molecular weight is 585 g/mol. The first-order chi connectivity index (χ1) is 20.6. The molecule has 2 aliphatic heterocycles. The predicted octanol–water partition coefficient (Wildman–Crippen LogP) is 7.15. The number of aromatic nitrogens is 4. The van der Waals surface area contributed by atoms with Gasteiger partial charge in [0.1, 0.15) is 28.7 Å². The third kappa shape index (κ3) is 6.20. The second-order valence-electron chi connectivity index (χ2n) is 12.0. The molecule has 0 saturated carbocycles. The molecule has 224 valence electrons. The molecule has 2 atom stereocenters. The Kier molecular flexibility index (Phi) is 7.55. The Balaban J connectivity index is 1.12. The van der Waals surface area contributed by atoms with Gasteiger partial charge >= 0.3 is 12.2 Å². The van der Waals surface area contributed by atoms with Gasteiger partial charge in [0.15, 0.2) is 0 Å². The second-order valence-corrected chi connectivity index (χ2v) is 12.0. The maximum atomic E-state index is 12.8. The van der Waals surface area contributed by atoms with Crippen LogP contribution in [0.25, 0.3) is 22.5 Å². The Morgan fingerprint density at radius 2 is 1.44 bits per heavy atom. The SMILES string of the molecule is CC(C)(C)OC(=O)N1CCCC1c1ncc(-c2cccc(Oc3ccc(-c4cnc(C5CCCN5C(=O)O)[nH]4)cc3)c2)[nH]1. The van der Waals surface area contributed by atoms with E-state index in [9.17, 15) is 14.7 Å². The predicted molar refractivity (Wildman–Crippen MR) is 160 cm³/mol. The van der Waals surface area contributed by atoms with Crippen LogP contribution in [0.1, 0.15) is 70.2 Å². The van der Waals surface area contributed by atoms with E-state index in [1.54, 1.807) is 17.3 Å². The van der Waals surface area contributed by atoms with Crippen LogP contribution in [-0.4, -0.2) is 65.7 Å². The van der Waals surface area contributed by atoms with Crippen LogP contribution in [0.5, 0.6) is 11.5 Å². The van der Waals surface area contributed by atoms with E-state index in [4.69, 9.17) is 9.47 Å². The molecule has 3 N–H and O–H groups in total. The van der Waals surface area contributed by atoms with Gasteiger partial charge in [-0.1, -0.05) is 12.1 Å². The molecule has 4 heterocycles. The van der Waals surface area contributed by atoms with E-state index in [0.717, 1.165) is 54.0 Å². The lowest BCUT2D eigenvalue weighted by Crippen LogP contribution is -2.36. The minimum Gasteiger partial charge on any atom is -0.465 e. The zero-order valence-electron chi connectivity index (χ0n) is 24.5. The summed E-state index contributed by atoms with van der Waals surface area (Å²) < 4.78 is 11.8. The normalized spacial score (nSPS) is 18.7.